The largest absolute Gasteiger partial charge is 0.398 e. The second-order valence-corrected chi connectivity index (χ2v) is 4.38. The first kappa shape index (κ1) is 12.0. The van der Waals surface area contributed by atoms with Crippen molar-refractivity contribution in [3.63, 3.8) is 0 Å². The highest BCUT2D eigenvalue weighted by Crippen LogP contribution is 2.19. The van der Waals surface area contributed by atoms with E-state index >= 15 is 0 Å². The number of rotatable bonds is 2. The number of aromatic nitrogens is 2. The van der Waals surface area contributed by atoms with Crippen LogP contribution in [0.3, 0.4) is 0 Å². The van der Waals surface area contributed by atoms with Gasteiger partial charge in [-0.2, -0.15) is 0 Å². The van der Waals surface area contributed by atoms with Gasteiger partial charge in [0.1, 0.15) is 0 Å². The standard InChI is InChI=1S/C11H9Cl2N3O/c12-8-4-15-11(17)16(6-8)5-7-1-2-9(13)10(14)3-7/h1-4,6H,5,14H2. The van der Waals surface area contributed by atoms with Gasteiger partial charge in [0.15, 0.2) is 0 Å². The van der Waals surface area contributed by atoms with Crippen molar-refractivity contribution in [2.45, 2.75) is 6.54 Å². The van der Waals surface area contributed by atoms with E-state index in [1.807, 2.05) is 0 Å². The van der Waals surface area contributed by atoms with Gasteiger partial charge in [0.25, 0.3) is 0 Å². The molecular formula is C11H9Cl2N3O. The van der Waals surface area contributed by atoms with E-state index in [-0.39, 0.29) is 5.69 Å². The summed E-state index contributed by atoms with van der Waals surface area (Å²) in [4.78, 5) is 15.1. The summed E-state index contributed by atoms with van der Waals surface area (Å²) in [5.41, 5.74) is 6.66. The molecule has 1 aromatic carbocycles. The summed E-state index contributed by atoms with van der Waals surface area (Å²) >= 11 is 11.6. The number of anilines is 1. The van der Waals surface area contributed by atoms with E-state index in [0.717, 1.165) is 5.56 Å². The highest BCUT2D eigenvalue weighted by atomic mass is 35.5. The van der Waals surface area contributed by atoms with E-state index in [0.29, 0.717) is 22.3 Å². The van der Waals surface area contributed by atoms with E-state index in [4.69, 9.17) is 28.9 Å². The lowest BCUT2D eigenvalue weighted by Gasteiger charge is -2.06. The number of hydrogen-bond acceptors (Lipinski definition) is 3. The Morgan fingerprint density at radius 3 is 2.82 bits per heavy atom. The number of hydrogen-bond donors (Lipinski definition) is 1. The van der Waals surface area contributed by atoms with Crippen molar-refractivity contribution in [2.75, 3.05) is 5.73 Å². The van der Waals surface area contributed by atoms with Crippen LogP contribution in [0.1, 0.15) is 5.56 Å². The molecule has 0 saturated heterocycles. The zero-order valence-electron chi connectivity index (χ0n) is 8.73. The van der Waals surface area contributed by atoms with Crippen molar-refractivity contribution in [1.29, 1.82) is 0 Å². The molecule has 0 fully saturated rings. The third kappa shape index (κ3) is 2.78. The van der Waals surface area contributed by atoms with Gasteiger partial charge in [0.2, 0.25) is 0 Å². The number of benzene rings is 1. The van der Waals surface area contributed by atoms with Gasteiger partial charge in [-0.3, -0.25) is 4.57 Å². The van der Waals surface area contributed by atoms with Crippen LogP contribution < -0.4 is 11.4 Å². The Morgan fingerprint density at radius 1 is 1.35 bits per heavy atom. The summed E-state index contributed by atoms with van der Waals surface area (Å²) < 4.78 is 1.41. The van der Waals surface area contributed by atoms with E-state index in [1.54, 1.807) is 18.2 Å². The molecule has 2 aromatic rings. The summed E-state index contributed by atoms with van der Waals surface area (Å²) in [5.74, 6) is 0. The van der Waals surface area contributed by atoms with Gasteiger partial charge in [0, 0.05) is 6.20 Å². The van der Waals surface area contributed by atoms with Gasteiger partial charge in [-0.15, -0.1) is 0 Å². The molecule has 0 spiro atoms. The summed E-state index contributed by atoms with van der Waals surface area (Å²) in [6.45, 7) is 0.355. The minimum absolute atomic E-state index is 0.355. The topological polar surface area (TPSA) is 60.9 Å². The van der Waals surface area contributed by atoms with Crippen LogP contribution in [-0.4, -0.2) is 9.55 Å². The molecule has 88 valence electrons. The van der Waals surface area contributed by atoms with E-state index in [1.165, 1.54) is 17.0 Å². The van der Waals surface area contributed by atoms with Gasteiger partial charge in [-0.25, -0.2) is 9.78 Å². The SMILES string of the molecule is Nc1cc(Cn2cc(Cl)cnc2=O)ccc1Cl. The molecule has 1 aromatic heterocycles. The average Bonchev–Trinajstić information content (AvgIpc) is 2.29. The molecule has 0 aliphatic heterocycles. The number of nitrogens with two attached hydrogens (primary N) is 1. The van der Waals surface area contributed by atoms with Gasteiger partial charge >= 0.3 is 5.69 Å². The Bertz CT molecular complexity index is 610. The summed E-state index contributed by atoms with van der Waals surface area (Å²) in [6, 6.07) is 5.21. The minimum Gasteiger partial charge on any atom is -0.398 e. The fourth-order valence-corrected chi connectivity index (χ4v) is 1.71. The Kier molecular flexibility index (Phi) is 3.36. The fraction of sp³-hybridized carbons (Fsp3) is 0.0909. The molecule has 0 saturated carbocycles. The van der Waals surface area contributed by atoms with E-state index in [9.17, 15) is 4.79 Å². The lowest BCUT2D eigenvalue weighted by atomic mass is 10.2. The highest BCUT2D eigenvalue weighted by Gasteiger charge is 2.02. The summed E-state index contributed by atoms with van der Waals surface area (Å²) in [6.07, 6.45) is 2.85. The minimum atomic E-state index is -0.358. The van der Waals surface area contributed by atoms with Crippen LogP contribution in [0, 0.1) is 0 Å². The number of nitrogens with zero attached hydrogens (tertiary/aromatic N) is 2. The first-order valence-electron chi connectivity index (χ1n) is 4.82. The Morgan fingerprint density at radius 2 is 2.12 bits per heavy atom. The van der Waals surface area contributed by atoms with E-state index < -0.39 is 0 Å². The zero-order valence-corrected chi connectivity index (χ0v) is 10.2. The zero-order chi connectivity index (χ0) is 12.4. The normalized spacial score (nSPS) is 10.5. The van der Waals surface area contributed by atoms with Gasteiger partial charge in [-0.05, 0) is 17.7 Å². The van der Waals surface area contributed by atoms with Crippen LogP contribution in [0.25, 0.3) is 0 Å². The Hall–Kier alpha value is -1.52. The average molecular weight is 270 g/mol. The predicted octanol–water partition coefficient (Wildman–Crippen LogP) is 2.18. The molecular weight excluding hydrogens is 261 g/mol. The molecule has 2 rings (SSSR count). The van der Waals surface area contributed by atoms with Crippen LogP contribution >= 0.6 is 23.2 Å². The molecule has 4 nitrogen and oxygen atoms in total. The van der Waals surface area contributed by atoms with Crippen LogP contribution in [0.4, 0.5) is 5.69 Å². The predicted molar refractivity (Wildman–Crippen MR) is 68.5 cm³/mol. The quantitative estimate of drug-likeness (QED) is 0.851. The molecule has 0 bridgehead atoms. The molecule has 0 radical (unpaired) electrons. The Balaban J connectivity index is 2.34. The maximum atomic E-state index is 11.5. The van der Waals surface area contributed by atoms with Gasteiger partial charge in [-0.1, -0.05) is 29.3 Å². The molecule has 1 heterocycles. The first-order valence-corrected chi connectivity index (χ1v) is 5.58. The first-order chi connectivity index (χ1) is 8.06. The lowest BCUT2D eigenvalue weighted by molar-refractivity contribution is 0.727. The second kappa shape index (κ2) is 4.77. The Labute approximate surface area is 108 Å². The third-order valence-corrected chi connectivity index (χ3v) is 2.78. The summed E-state index contributed by atoms with van der Waals surface area (Å²) in [7, 11) is 0. The molecule has 0 aliphatic rings. The fourth-order valence-electron chi connectivity index (χ4n) is 1.43. The van der Waals surface area contributed by atoms with Crippen LogP contribution in [0.5, 0.6) is 0 Å². The molecule has 0 unspecified atom stereocenters. The maximum absolute atomic E-state index is 11.5. The molecule has 0 aliphatic carbocycles. The number of nitrogen functional groups attached to an aromatic ring is 1. The van der Waals surface area contributed by atoms with Crippen LogP contribution in [0.2, 0.25) is 10.0 Å². The molecule has 6 heteroatoms. The monoisotopic (exact) mass is 269 g/mol. The lowest BCUT2D eigenvalue weighted by Crippen LogP contribution is -2.22. The van der Waals surface area contributed by atoms with Crippen LogP contribution in [-0.2, 0) is 6.54 Å². The molecule has 17 heavy (non-hydrogen) atoms. The second-order valence-electron chi connectivity index (χ2n) is 3.54. The van der Waals surface area contributed by atoms with E-state index in [2.05, 4.69) is 4.98 Å². The third-order valence-electron chi connectivity index (χ3n) is 2.24. The van der Waals surface area contributed by atoms with Crippen molar-refractivity contribution in [3.8, 4) is 0 Å². The van der Waals surface area contributed by atoms with Crippen molar-refractivity contribution >= 4 is 28.9 Å². The van der Waals surface area contributed by atoms with Crippen molar-refractivity contribution < 1.29 is 0 Å². The summed E-state index contributed by atoms with van der Waals surface area (Å²) in [5, 5.41) is 0.900. The van der Waals surface area contributed by atoms with Gasteiger partial charge < -0.3 is 5.73 Å². The molecule has 0 atom stereocenters. The maximum Gasteiger partial charge on any atom is 0.347 e. The van der Waals surface area contributed by atoms with Gasteiger partial charge in [0.05, 0.1) is 28.5 Å². The molecule has 2 N–H and O–H groups in total. The van der Waals surface area contributed by atoms with Crippen molar-refractivity contribution in [3.05, 3.63) is 56.7 Å². The molecule has 0 amide bonds. The van der Waals surface area contributed by atoms with Crippen molar-refractivity contribution in [1.82, 2.24) is 9.55 Å². The smallest absolute Gasteiger partial charge is 0.347 e. The number of halogens is 2. The highest BCUT2D eigenvalue weighted by molar-refractivity contribution is 6.33. The van der Waals surface area contributed by atoms with Crippen LogP contribution in [0.15, 0.2) is 35.4 Å². The van der Waals surface area contributed by atoms with Crippen molar-refractivity contribution in [2.24, 2.45) is 0 Å².